The number of fused-ring (bicyclic) bond motifs is 3. The lowest BCUT2D eigenvalue weighted by Gasteiger charge is -2.14. The Morgan fingerprint density at radius 2 is 1.18 bits per heavy atom. The van der Waals surface area contributed by atoms with Crippen molar-refractivity contribution < 1.29 is 0 Å². The van der Waals surface area contributed by atoms with Gasteiger partial charge in [0.1, 0.15) is 5.84 Å². The molecule has 0 radical (unpaired) electrons. The molecule has 7 aromatic rings. The lowest BCUT2D eigenvalue weighted by molar-refractivity contribution is 1.33. The number of nitrogens with zero attached hydrogens (tertiary/aromatic N) is 3. The second-order valence-electron chi connectivity index (χ2n) is 10.8. The van der Waals surface area contributed by atoms with E-state index in [4.69, 9.17) is 15.7 Å². The van der Waals surface area contributed by atoms with Crippen LogP contribution in [0.4, 0.5) is 0 Å². The molecular weight excluding hydrogens is 548 g/mol. The highest BCUT2D eigenvalue weighted by Crippen LogP contribution is 2.37. The number of aromatic nitrogens is 1. The Bertz CT molecular complexity index is 2220. The minimum atomic E-state index is 0.357. The highest BCUT2D eigenvalue weighted by atomic mass is 15.0. The fourth-order valence-corrected chi connectivity index (χ4v) is 5.67. The molecule has 0 fully saturated rings. The van der Waals surface area contributed by atoms with Gasteiger partial charge in [-0.05, 0) is 74.1 Å². The van der Waals surface area contributed by atoms with E-state index in [0.717, 1.165) is 38.9 Å². The van der Waals surface area contributed by atoms with E-state index in [1.165, 1.54) is 21.5 Å². The molecule has 0 aliphatic heterocycles. The predicted octanol–water partition coefficient (Wildman–Crippen LogP) is 9.54. The van der Waals surface area contributed by atoms with Gasteiger partial charge in [-0.3, -0.25) is 4.98 Å². The summed E-state index contributed by atoms with van der Waals surface area (Å²) in [4.78, 5) is 14.2. The summed E-state index contributed by atoms with van der Waals surface area (Å²) in [5.74, 6) is 0.849. The second-order valence-corrected chi connectivity index (χ2v) is 10.8. The average Bonchev–Trinajstić information content (AvgIpc) is 3.12. The monoisotopic (exact) mass is 578 g/mol. The standard InChI is InChI=1S/C41H30N4/c1-28(29-13-4-2-5-14-29)44-41(30-15-6-3-7-16-30)45-40(42)35-24-33(32-18-12-22-43-27-32)23-34(25-35)39-26-31-17-8-9-19-36(31)37-20-10-11-21-38(37)39/h2-27H,1H2,(H2,42,44,45). The van der Waals surface area contributed by atoms with Gasteiger partial charge in [0.05, 0.1) is 5.70 Å². The summed E-state index contributed by atoms with van der Waals surface area (Å²) in [6.45, 7) is 4.23. The third kappa shape index (κ3) is 5.77. The van der Waals surface area contributed by atoms with E-state index in [9.17, 15) is 0 Å². The number of amidine groups is 2. The first kappa shape index (κ1) is 27.7. The molecule has 7 rings (SSSR count). The lowest BCUT2D eigenvalue weighted by Crippen LogP contribution is -2.17. The Kier molecular flexibility index (Phi) is 7.53. The van der Waals surface area contributed by atoms with Crippen molar-refractivity contribution in [3.8, 4) is 22.3 Å². The van der Waals surface area contributed by atoms with E-state index >= 15 is 0 Å². The average molecular weight is 579 g/mol. The molecule has 0 bridgehead atoms. The summed E-state index contributed by atoms with van der Waals surface area (Å²) in [6, 6.07) is 49.4. The van der Waals surface area contributed by atoms with Gasteiger partial charge in [0.2, 0.25) is 0 Å². The van der Waals surface area contributed by atoms with Crippen LogP contribution in [0.5, 0.6) is 0 Å². The first-order valence-corrected chi connectivity index (χ1v) is 14.8. The van der Waals surface area contributed by atoms with Crippen LogP contribution in [-0.4, -0.2) is 16.7 Å². The molecule has 45 heavy (non-hydrogen) atoms. The number of nitrogens with two attached hydrogens (primary N) is 1. The van der Waals surface area contributed by atoms with Crippen LogP contribution >= 0.6 is 0 Å². The van der Waals surface area contributed by atoms with Crippen LogP contribution in [0.25, 0.3) is 49.5 Å². The van der Waals surface area contributed by atoms with Crippen molar-refractivity contribution in [2.75, 3.05) is 0 Å². The number of hydrogen-bond acceptors (Lipinski definition) is 2. The third-order valence-corrected chi connectivity index (χ3v) is 7.91. The predicted molar refractivity (Wildman–Crippen MR) is 189 cm³/mol. The Balaban J connectivity index is 1.42. The van der Waals surface area contributed by atoms with Crippen molar-refractivity contribution in [2.45, 2.75) is 0 Å². The van der Waals surface area contributed by atoms with E-state index in [0.29, 0.717) is 17.4 Å². The smallest absolute Gasteiger partial charge is 0.162 e. The van der Waals surface area contributed by atoms with Gasteiger partial charge in [-0.15, -0.1) is 0 Å². The molecule has 1 heterocycles. The van der Waals surface area contributed by atoms with Gasteiger partial charge >= 0.3 is 0 Å². The van der Waals surface area contributed by atoms with Crippen molar-refractivity contribution in [1.29, 1.82) is 0 Å². The third-order valence-electron chi connectivity index (χ3n) is 7.91. The SMILES string of the molecule is C=C(N=C(N=C(N)c1cc(-c2cccnc2)cc(-c2cc3ccccc3c3ccccc23)c1)c1ccccc1)c1ccccc1. The van der Waals surface area contributed by atoms with Crippen LogP contribution in [0.2, 0.25) is 0 Å². The maximum atomic E-state index is 6.87. The van der Waals surface area contributed by atoms with Gasteiger partial charge in [-0.2, -0.15) is 0 Å². The molecular formula is C41H30N4. The fraction of sp³-hybridized carbons (Fsp3) is 0. The van der Waals surface area contributed by atoms with Crippen molar-refractivity contribution in [1.82, 2.24) is 4.98 Å². The largest absolute Gasteiger partial charge is 0.383 e. The number of hydrogen-bond donors (Lipinski definition) is 1. The van der Waals surface area contributed by atoms with Crippen LogP contribution in [-0.2, 0) is 0 Å². The van der Waals surface area contributed by atoms with E-state index < -0.39 is 0 Å². The zero-order valence-electron chi connectivity index (χ0n) is 24.6. The molecule has 6 aromatic carbocycles. The minimum Gasteiger partial charge on any atom is -0.383 e. The molecule has 0 aliphatic rings. The minimum absolute atomic E-state index is 0.357. The summed E-state index contributed by atoms with van der Waals surface area (Å²) >= 11 is 0. The molecule has 0 amide bonds. The topological polar surface area (TPSA) is 63.6 Å². The summed E-state index contributed by atoms with van der Waals surface area (Å²) in [5.41, 5.74) is 14.2. The van der Waals surface area contributed by atoms with Crippen LogP contribution in [0.1, 0.15) is 16.7 Å². The molecule has 0 aliphatic carbocycles. The molecule has 0 spiro atoms. The molecule has 4 nitrogen and oxygen atoms in total. The molecule has 0 unspecified atom stereocenters. The van der Waals surface area contributed by atoms with Crippen molar-refractivity contribution in [2.24, 2.45) is 15.7 Å². The molecule has 0 atom stereocenters. The van der Waals surface area contributed by atoms with Gasteiger partial charge in [0.15, 0.2) is 5.84 Å². The maximum absolute atomic E-state index is 6.87. The maximum Gasteiger partial charge on any atom is 0.162 e. The number of benzene rings is 6. The van der Waals surface area contributed by atoms with Crippen molar-refractivity contribution in [3.63, 3.8) is 0 Å². The zero-order chi connectivity index (χ0) is 30.6. The van der Waals surface area contributed by atoms with Gasteiger partial charge < -0.3 is 5.73 Å². The lowest BCUT2D eigenvalue weighted by atomic mass is 9.90. The van der Waals surface area contributed by atoms with Gasteiger partial charge in [0.25, 0.3) is 0 Å². The highest BCUT2D eigenvalue weighted by molar-refractivity contribution is 6.15. The first-order chi connectivity index (χ1) is 22.1. The zero-order valence-corrected chi connectivity index (χ0v) is 24.6. The van der Waals surface area contributed by atoms with E-state index in [2.05, 4.69) is 90.4 Å². The van der Waals surface area contributed by atoms with Gasteiger partial charge in [-0.1, -0.05) is 122 Å². The normalized spacial score (nSPS) is 12.0. The van der Waals surface area contributed by atoms with Crippen molar-refractivity contribution >= 4 is 38.9 Å². The quantitative estimate of drug-likeness (QED) is 0.121. The van der Waals surface area contributed by atoms with E-state index in [1.807, 2.05) is 72.9 Å². The molecule has 1 aromatic heterocycles. The Morgan fingerprint density at radius 3 is 1.91 bits per heavy atom. The fourth-order valence-electron chi connectivity index (χ4n) is 5.67. The Hall–Kier alpha value is -6.13. The van der Waals surface area contributed by atoms with E-state index in [1.54, 1.807) is 6.20 Å². The molecule has 214 valence electrons. The summed E-state index contributed by atoms with van der Waals surface area (Å²) in [5, 5.41) is 4.79. The first-order valence-electron chi connectivity index (χ1n) is 14.8. The van der Waals surface area contributed by atoms with Crippen LogP contribution < -0.4 is 5.73 Å². The number of aliphatic imine (C=N–C) groups is 2. The Morgan fingerprint density at radius 1 is 0.533 bits per heavy atom. The number of rotatable bonds is 6. The summed E-state index contributed by atoms with van der Waals surface area (Å²) < 4.78 is 0. The summed E-state index contributed by atoms with van der Waals surface area (Å²) in [6.07, 6.45) is 3.65. The van der Waals surface area contributed by atoms with Crippen LogP contribution in [0.3, 0.4) is 0 Å². The molecule has 0 saturated heterocycles. The van der Waals surface area contributed by atoms with Crippen molar-refractivity contribution in [3.05, 3.63) is 181 Å². The number of pyridine rings is 1. The van der Waals surface area contributed by atoms with Crippen LogP contribution in [0, 0.1) is 0 Å². The highest BCUT2D eigenvalue weighted by Gasteiger charge is 2.14. The molecule has 0 saturated carbocycles. The second kappa shape index (κ2) is 12.2. The van der Waals surface area contributed by atoms with Gasteiger partial charge in [0, 0.05) is 29.1 Å². The van der Waals surface area contributed by atoms with Crippen LogP contribution in [0.15, 0.2) is 175 Å². The molecule has 2 N–H and O–H groups in total. The summed E-state index contributed by atoms with van der Waals surface area (Å²) in [7, 11) is 0. The Labute approximate surface area is 262 Å². The molecule has 4 heteroatoms. The van der Waals surface area contributed by atoms with E-state index in [-0.39, 0.29) is 0 Å². The van der Waals surface area contributed by atoms with Gasteiger partial charge in [-0.25, -0.2) is 9.98 Å².